The highest BCUT2D eigenvalue weighted by molar-refractivity contribution is 6.05. The lowest BCUT2D eigenvalue weighted by atomic mass is 10.2. The lowest BCUT2D eigenvalue weighted by Crippen LogP contribution is -2.43. The summed E-state index contributed by atoms with van der Waals surface area (Å²) >= 11 is 0. The molecule has 1 aliphatic carbocycles. The van der Waals surface area contributed by atoms with Crippen LogP contribution in [0.3, 0.4) is 0 Å². The molecule has 1 unspecified atom stereocenters. The average molecular weight is 238 g/mol. The molecule has 0 aromatic heterocycles. The molecule has 2 amide bonds. The van der Waals surface area contributed by atoms with Crippen LogP contribution < -0.4 is 5.32 Å². The minimum atomic E-state index is -0.273. The van der Waals surface area contributed by atoms with E-state index in [4.69, 9.17) is 0 Å². The molecule has 0 radical (unpaired) electrons. The fraction of sp³-hybridized carbons (Fsp3) is 0.846. The molecule has 2 aliphatic rings. The summed E-state index contributed by atoms with van der Waals surface area (Å²) in [6, 6.07) is -0.0913. The van der Waals surface area contributed by atoms with E-state index in [1.54, 1.807) is 0 Å². The van der Waals surface area contributed by atoms with Crippen molar-refractivity contribution in [2.45, 2.75) is 58.0 Å². The number of amides is 2. The van der Waals surface area contributed by atoms with E-state index in [-0.39, 0.29) is 23.9 Å². The van der Waals surface area contributed by atoms with Crippen molar-refractivity contribution in [1.82, 2.24) is 10.2 Å². The van der Waals surface area contributed by atoms with Gasteiger partial charge in [-0.25, -0.2) is 0 Å². The predicted molar refractivity (Wildman–Crippen MR) is 65.4 cm³/mol. The Labute approximate surface area is 103 Å². The van der Waals surface area contributed by atoms with Crippen molar-refractivity contribution >= 4 is 11.8 Å². The first-order chi connectivity index (χ1) is 8.09. The van der Waals surface area contributed by atoms with Crippen LogP contribution >= 0.6 is 0 Å². The van der Waals surface area contributed by atoms with Gasteiger partial charge in [-0.05, 0) is 25.3 Å². The Hall–Kier alpha value is -0.900. The van der Waals surface area contributed by atoms with Crippen molar-refractivity contribution in [3.8, 4) is 0 Å². The van der Waals surface area contributed by atoms with Gasteiger partial charge in [-0.2, -0.15) is 0 Å². The number of likely N-dealkylation sites (tertiary alicyclic amines) is 1. The molecule has 1 atom stereocenters. The van der Waals surface area contributed by atoms with E-state index < -0.39 is 0 Å². The van der Waals surface area contributed by atoms with Gasteiger partial charge in [-0.15, -0.1) is 0 Å². The van der Waals surface area contributed by atoms with E-state index in [0.717, 1.165) is 32.2 Å². The molecule has 0 aromatic rings. The van der Waals surface area contributed by atoms with Gasteiger partial charge < -0.3 is 5.32 Å². The van der Waals surface area contributed by atoms with Gasteiger partial charge in [0.2, 0.25) is 11.8 Å². The van der Waals surface area contributed by atoms with Gasteiger partial charge in [0.25, 0.3) is 0 Å². The second-order valence-electron chi connectivity index (χ2n) is 5.60. The van der Waals surface area contributed by atoms with Crippen LogP contribution in [0.4, 0.5) is 0 Å². The van der Waals surface area contributed by atoms with Crippen molar-refractivity contribution in [1.29, 1.82) is 0 Å². The van der Waals surface area contributed by atoms with Crippen molar-refractivity contribution in [2.24, 2.45) is 5.92 Å². The van der Waals surface area contributed by atoms with Gasteiger partial charge in [-0.1, -0.05) is 26.7 Å². The van der Waals surface area contributed by atoms with Gasteiger partial charge in [0.15, 0.2) is 0 Å². The zero-order valence-corrected chi connectivity index (χ0v) is 10.7. The summed E-state index contributed by atoms with van der Waals surface area (Å²) in [4.78, 5) is 25.6. The highest BCUT2D eigenvalue weighted by atomic mass is 16.2. The summed E-state index contributed by atoms with van der Waals surface area (Å²) < 4.78 is 0. The first-order valence-electron chi connectivity index (χ1n) is 6.69. The summed E-state index contributed by atoms with van der Waals surface area (Å²) in [5.74, 6) is 0.518. The van der Waals surface area contributed by atoms with Gasteiger partial charge in [0.1, 0.15) is 0 Å². The fourth-order valence-electron chi connectivity index (χ4n) is 2.73. The highest BCUT2D eigenvalue weighted by Crippen LogP contribution is 2.28. The molecule has 4 nitrogen and oxygen atoms in total. The Morgan fingerprint density at radius 2 is 1.94 bits per heavy atom. The monoisotopic (exact) mass is 238 g/mol. The number of imide groups is 1. The molecular weight excluding hydrogens is 216 g/mol. The topological polar surface area (TPSA) is 49.4 Å². The molecule has 2 rings (SSSR count). The minimum Gasteiger partial charge on any atom is -0.305 e. The molecule has 17 heavy (non-hydrogen) atoms. The summed E-state index contributed by atoms with van der Waals surface area (Å²) in [7, 11) is 0. The van der Waals surface area contributed by atoms with E-state index in [1.165, 1.54) is 4.90 Å². The Bertz CT molecular complexity index is 309. The normalized spacial score (nSPS) is 26.5. The summed E-state index contributed by atoms with van der Waals surface area (Å²) in [6.45, 7) is 4.99. The molecule has 1 aliphatic heterocycles. The fourth-order valence-corrected chi connectivity index (χ4v) is 2.73. The minimum absolute atomic E-state index is 0.00236. The number of hydrogen-bond acceptors (Lipinski definition) is 3. The summed E-state index contributed by atoms with van der Waals surface area (Å²) in [6.07, 6.45) is 4.63. The molecule has 1 saturated heterocycles. The number of nitrogens with one attached hydrogen (secondary N) is 1. The number of carbonyl (C=O) groups is 2. The van der Waals surface area contributed by atoms with Crippen molar-refractivity contribution in [3.05, 3.63) is 0 Å². The maximum Gasteiger partial charge on any atom is 0.247 e. The molecule has 1 saturated carbocycles. The zero-order chi connectivity index (χ0) is 12.4. The smallest absolute Gasteiger partial charge is 0.247 e. The molecule has 1 heterocycles. The lowest BCUT2D eigenvalue weighted by molar-refractivity contribution is -0.141. The van der Waals surface area contributed by atoms with E-state index in [0.29, 0.717) is 12.3 Å². The Morgan fingerprint density at radius 3 is 2.53 bits per heavy atom. The molecule has 0 bridgehead atoms. The Balaban J connectivity index is 1.95. The maximum atomic E-state index is 12.2. The molecule has 4 heteroatoms. The predicted octanol–water partition coefficient (Wildman–Crippen LogP) is 1.30. The number of hydrogen-bond donors (Lipinski definition) is 1. The van der Waals surface area contributed by atoms with Crippen LogP contribution in [-0.2, 0) is 9.59 Å². The first kappa shape index (κ1) is 12.6. The second kappa shape index (κ2) is 5.17. The van der Waals surface area contributed by atoms with Crippen LogP contribution in [0.25, 0.3) is 0 Å². The van der Waals surface area contributed by atoms with Crippen LogP contribution in [0.1, 0.15) is 46.0 Å². The Morgan fingerprint density at radius 1 is 1.29 bits per heavy atom. The summed E-state index contributed by atoms with van der Waals surface area (Å²) in [5.41, 5.74) is 0. The Kier molecular flexibility index (Phi) is 3.82. The largest absolute Gasteiger partial charge is 0.305 e. The number of rotatable bonds is 4. The number of carbonyl (C=O) groups excluding carboxylic acids is 2. The highest BCUT2D eigenvalue weighted by Gasteiger charge is 2.42. The molecule has 2 fully saturated rings. The molecule has 1 N–H and O–H groups in total. The third-order valence-electron chi connectivity index (χ3n) is 3.65. The van der Waals surface area contributed by atoms with Crippen LogP contribution in [0, 0.1) is 5.92 Å². The quantitative estimate of drug-likeness (QED) is 0.751. The van der Waals surface area contributed by atoms with Gasteiger partial charge in [0, 0.05) is 6.04 Å². The first-order valence-corrected chi connectivity index (χ1v) is 6.69. The van der Waals surface area contributed by atoms with Crippen LogP contribution in [-0.4, -0.2) is 35.3 Å². The maximum absolute atomic E-state index is 12.2. The van der Waals surface area contributed by atoms with Gasteiger partial charge in [-0.3, -0.25) is 14.5 Å². The SMILES string of the molecule is CC(C)CNC1CC(=O)N(C2CCCC2)C1=O. The van der Waals surface area contributed by atoms with Crippen molar-refractivity contribution in [3.63, 3.8) is 0 Å². The van der Waals surface area contributed by atoms with Gasteiger partial charge in [0.05, 0.1) is 12.5 Å². The molecule has 0 spiro atoms. The second-order valence-corrected chi connectivity index (χ2v) is 5.60. The van der Waals surface area contributed by atoms with Crippen molar-refractivity contribution in [2.75, 3.05) is 6.54 Å². The van der Waals surface area contributed by atoms with E-state index in [9.17, 15) is 9.59 Å². The average Bonchev–Trinajstić information content (AvgIpc) is 2.84. The van der Waals surface area contributed by atoms with Crippen LogP contribution in [0.5, 0.6) is 0 Å². The summed E-state index contributed by atoms with van der Waals surface area (Å²) in [5, 5.41) is 3.20. The standard InChI is InChI=1S/C13H22N2O2/c1-9(2)8-14-11-7-12(16)15(13(11)17)10-5-3-4-6-10/h9-11,14H,3-8H2,1-2H3. The third-order valence-corrected chi connectivity index (χ3v) is 3.65. The van der Waals surface area contributed by atoms with E-state index in [1.807, 2.05) is 0 Å². The molecule has 0 aromatic carbocycles. The van der Waals surface area contributed by atoms with E-state index in [2.05, 4.69) is 19.2 Å². The van der Waals surface area contributed by atoms with Crippen LogP contribution in [0.15, 0.2) is 0 Å². The third kappa shape index (κ3) is 2.68. The van der Waals surface area contributed by atoms with Crippen molar-refractivity contribution < 1.29 is 9.59 Å². The van der Waals surface area contributed by atoms with Crippen LogP contribution in [0.2, 0.25) is 0 Å². The number of nitrogens with zero attached hydrogens (tertiary/aromatic N) is 1. The molecule has 96 valence electrons. The van der Waals surface area contributed by atoms with E-state index >= 15 is 0 Å². The van der Waals surface area contributed by atoms with Gasteiger partial charge >= 0.3 is 0 Å². The molecular formula is C13H22N2O2. The lowest BCUT2D eigenvalue weighted by Gasteiger charge is -2.22. The zero-order valence-electron chi connectivity index (χ0n) is 10.7.